The number of carbonyl (C=O) groups excluding carboxylic acids is 3. The van der Waals surface area contributed by atoms with Gasteiger partial charge in [0.1, 0.15) is 17.3 Å². The predicted molar refractivity (Wildman–Crippen MR) is 90.5 cm³/mol. The minimum atomic E-state index is -1.20. The molecule has 2 aromatic rings. The molecule has 0 heterocycles. The average molecular weight is 352 g/mol. The summed E-state index contributed by atoms with van der Waals surface area (Å²) in [6, 6.07) is 6.19. The molecule has 0 saturated carbocycles. The molecular weight excluding hydrogens is 336 g/mol. The zero-order valence-corrected chi connectivity index (χ0v) is 13.9. The first-order chi connectivity index (χ1) is 12.3. The van der Waals surface area contributed by atoms with Crippen molar-refractivity contribution in [3.05, 3.63) is 57.6 Å². The molecule has 2 aliphatic carbocycles. The summed E-state index contributed by atoms with van der Waals surface area (Å²) in [6.45, 7) is 1.39. The molecule has 2 aliphatic rings. The number of ketones is 3. The third kappa shape index (κ3) is 2.05. The second-order valence-corrected chi connectivity index (χ2v) is 6.81. The van der Waals surface area contributed by atoms with Crippen LogP contribution < -0.4 is 0 Å². The lowest BCUT2D eigenvalue weighted by atomic mass is 9.74. The Morgan fingerprint density at radius 1 is 1.00 bits per heavy atom. The van der Waals surface area contributed by atoms with Crippen molar-refractivity contribution in [1.29, 1.82) is 0 Å². The van der Waals surface area contributed by atoms with Crippen LogP contribution >= 0.6 is 0 Å². The Kier molecular flexibility index (Phi) is 3.49. The van der Waals surface area contributed by atoms with Crippen LogP contribution in [0.25, 0.3) is 0 Å². The Labute approximate surface area is 148 Å². The molecule has 0 amide bonds. The normalized spacial score (nSPS) is 21.0. The topological polar surface area (TPSA) is 112 Å². The van der Waals surface area contributed by atoms with Gasteiger partial charge in [-0.1, -0.05) is 24.3 Å². The van der Waals surface area contributed by atoms with Gasteiger partial charge in [0, 0.05) is 28.2 Å². The summed E-state index contributed by atoms with van der Waals surface area (Å²) in [7, 11) is 0. The van der Waals surface area contributed by atoms with Crippen LogP contribution in [0.4, 0.5) is 0 Å². The van der Waals surface area contributed by atoms with Gasteiger partial charge < -0.3 is 15.3 Å². The summed E-state index contributed by atoms with van der Waals surface area (Å²) in [6.07, 6.45) is -1.02. The number of aliphatic hydroxyl groups excluding tert-OH is 1. The van der Waals surface area contributed by atoms with Crippen LogP contribution in [0.2, 0.25) is 0 Å². The van der Waals surface area contributed by atoms with Crippen LogP contribution in [0.3, 0.4) is 0 Å². The van der Waals surface area contributed by atoms with E-state index in [2.05, 4.69) is 0 Å². The monoisotopic (exact) mass is 352 g/mol. The van der Waals surface area contributed by atoms with Crippen LogP contribution in [0, 0.1) is 5.92 Å². The highest BCUT2D eigenvalue weighted by atomic mass is 16.3. The van der Waals surface area contributed by atoms with Gasteiger partial charge in [-0.05, 0) is 19.8 Å². The van der Waals surface area contributed by atoms with Crippen LogP contribution in [-0.2, 0) is 11.2 Å². The molecule has 4 rings (SSSR count). The summed E-state index contributed by atoms with van der Waals surface area (Å²) in [5.74, 6) is -2.75. The van der Waals surface area contributed by atoms with Crippen LogP contribution in [0.15, 0.2) is 24.3 Å². The fraction of sp³-hybridized carbons (Fsp3) is 0.250. The van der Waals surface area contributed by atoms with Crippen LogP contribution in [0.5, 0.6) is 11.5 Å². The lowest BCUT2D eigenvalue weighted by Crippen LogP contribution is -2.27. The number of phenolic OH excluding ortho intramolecular Hbond substituents is 2. The molecule has 132 valence electrons. The van der Waals surface area contributed by atoms with Gasteiger partial charge >= 0.3 is 0 Å². The highest BCUT2D eigenvalue weighted by Gasteiger charge is 2.41. The number of hydrogen-bond acceptors (Lipinski definition) is 6. The van der Waals surface area contributed by atoms with Gasteiger partial charge in [-0.2, -0.15) is 0 Å². The number of aromatic hydroxyl groups is 2. The standard InChI is InChI=1S/C20H16O6/c1-8(21)9-6-12-14(13(22)7-9)20(26)16-15(19(12)25)17(23)10-4-2-3-5-11(10)18(16)24/h2-5,9,13,22,25-26H,6-7H2,1H3/t9-,13+/m1/s1. The number of Topliss-reactive ketones (excluding diaryl/α,β-unsaturated/α-hetero) is 1. The van der Waals surface area contributed by atoms with Gasteiger partial charge in [0.15, 0.2) is 11.6 Å². The molecule has 0 bridgehead atoms. The quantitative estimate of drug-likeness (QED) is 0.578. The van der Waals surface area contributed by atoms with E-state index >= 15 is 0 Å². The van der Waals surface area contributed by atoms with Crippen molar-refractivity contribution in [3.8, 4) is 11.5 Å². The van der Waals surface area contributed by atoms with Crippen LogP contribution in [-0.4, -0.2) is 32.7 Å². The Morgan fingerprint density at radius 3 is 2.08 bits per heavy atom. The Bertz CT molecular complexity index is 1000. The van der Waals surface area contributed by atoms with E-state index in [0.717, 1.165) is 0 Å². The van der Waals surface area contributed by atoms with E-state index in [1.807, 2.05) is 0 Å². The summed E-state index contributed by atoms with van der Waals surface area (Å²) < 4.78 is 0. The molecule has 3 N–H and O–H groups in total. The molecule has 2 atom stereocenters. The highest BCUT2D eigenvalue weighted by molar-refractivity contribution is 6.30. The van der Waals surface area contributed by atoms with Crippen molar-refractivity contribution in [3.63, 3.8) is 0 Å². The number of aliphatic hydroxyl groups is 1. The van der Waals surface area contributed by atoms with Gasteiger partial charge in [-0.15, -0.1) is 0 Å². The number of benzene rings is 2. The van der Waals surface area contributed by atoms with E-state index in [4.69, 9.17) is 0 Å². The molecule has 6 heteroatoms. The predicted octanol–water partition coefficient (Wildman–Crippen LogP) is 2.06. The maximum atomic E-state index is 12.9. The van der Waals surface area contributed by atoms with E-state index < -0.39 is 35.1 Å². The maximum absolute atomic E-state index is 12.9. The van der Waals surface area contributed by atoms with Gasteiger partial charge in [-0.3, -0.25) is 14.4 Å². The van der Waals surface area contributed by atoms with Crippen molar-refractivity contribution in [1.82, 2.24) is 0 Å². The molecule has 2 aromatic carbocycles. The minimum absolute atomic E-state index is 0.0271. The Balaban J connectivity index is 2.02. The zero-order chi connectivity index (χ0) is 18.7. The molecule has 0 saturated heterocycles. The number of hydrogen-bond donors (Lipinski definition) is 3. The van der Waals surface area contributed by atoms with Crippen molar-refractivity contribution in [2.24, 2.45) is 5.92 Å². The lowest BCUT2D eigenvalue weighted by molar-refractivity contribution is -0.122. The first-order valence-electron chi connectivity index (χ1n) is 8.30. The fourth-order valence-electron chi connectivity index (χ4n) is 3.98. The number of rotatable bonds is 1. The minimum Gasteiger partial charge on any atom is -0.507 e. The summed E-state index contributed by atoms with van der Waals surface area (Å²) in [5.41, 5.74) is -0.0719. The van der Waals surface area contributed by atoms with Gasteiger partial charge in [0.2, 0.25) is 0 Å². The fourth-order valence-corrected chi connectivity index (χ4v) is 3.98. The van der Waals surface area contributed by atoms with Crippen molar-refractivity contribution in [2.45, 2.75) is 25.9 Å². The molecule has 0 aromatic heterocycles. The summed E-state index contributed by atoms with van der Waals surface area (Å²) in [4.78, 5) is 37.4. The van der Waals surface area contributed by atoms with Crippen molar-refractivity contribution >= 4 is 17.3 Å². The SMILES string of the molecule is CC(=O)[C@@H]1Cc2c(O)c3c(c(O)c2[C@@H](O)C1)C(=O)c1ccccc1C3=O. The summed E-state index contributed by atoms with van der Waals surface area (Å²) in [5, 5.41) is 31.8. The first-order valence-corrected chi connectivity index (χ1v) is 8.30. The third-order valence-corrected chi connectivity index (χ3v) is 5.33. The second-order valence-electron chi connectivity index (χ2n) is 6.81. The number of fused-ring (bicyclic) bond motifs is 3. The van der Waals surface area contributed by atoms with Gasteiger partial charge in [0.25, 0.3) is 0 Å². The smallest absolute Gasteiger partial charge is 0.198 e. The van der Waals surface area contributed by atoms with Gasteiger partial charge in [-0.25, -0.2) is 0 Å². The van der Waals surface area contributed by atoms with Crippen molar-refractivity contribution in [2.75, 3.05) is 0 Å². The Hall–Kier alpha value is -2.99. The van der Waals surface area contributed by atoms with E-state index in [1.165, 1.54) is 19.1 Å². The van der Waals surface area contributed by atoms with E-state index in [-0.39, 0.29) is 52.0 Å². The molecule has 26 heavy (non-hydrogen) atoms. The van der Waals surface area contributed by atoms with E-state index in [1.54, 1.807) is 12.1 Å². The lowest BCUT2D eigenvalue weighted by Gasteiger charge is -2.31. The first kappa shape index (κ1) is 16.5. The Morgan fingerprint density at radius 2 is 1.54 bits per heavy atom. The highest BCUT2D eigenvalue weighted by Crippen LogP contribution is 2.49. The number of phenols is 2. The molecule has 0 spiro atoms. The largest absolute Gasteiger partial charge is 0.507 e. The molecular formula is C20H16O6. The van der Waals surface area contributed by atoms with Crippen LogP contribution in [0.1, 0.15) is 62.4 Å². The second kappa shape index (κ2) is 5.51. The maximum Gasteiger partial charge on any atom is 0.198 e. The number of carbonyl (C=O) groups is 3. The molecule has 0 radical (unpaired) electrons. The van der Waals surface area contributed by atoms with Gasteiger partial charge in [0.05, 0.1) is 17.2 Å². The molecule has 0 aliphatic heterocycles. The molecule has 0 fully saturated rings. The summed E-state index contributed by atoms with van der Waals surface area (Å²) >= 11 is 0. The third-order valence-electron chi connectivity index (χ3n) is 5.33. The van der Waals surface area contributed by atoms with E-state index in [9.17, 15) is 29.7 Å². The zero-order valence-electron chi connectivity index (χ0n) is 13.9. The molecule has 6 nitrogen and oxygen atoms in total. The molecule has 0 unspecified atom stereocenters. The average Bonchev–Trinajstić information content (AvgIpc) is 2.62. The van der Waals surface area contributed by atoms with E-state index in [0.29, 0.717) is 0 Å². The van der Waals surface area contributed by atoms with Crippen molar-refractivity contribution < 1.29 is 29.7 Å².